The van der Waals surface area contributed by atoms with Gasteiger partial charge in [0.05, 0.1) is 36.2 Å². The quantitative estimate of drug-likeness (QED) is 0.378. The Labute approximate surface area is 232 Å². The molecule has 9 nitrogen and oxygen atoms in total. The van der Waals surface area contributed by atoms with Crippen molar-refractivity contribution in [1.29, 1.82) is 0 Å². The maximum atomic E-state index is 11.7. The largest absolute Gasteiger partial charge is 0.388 e. The molecule has 2 aromatic rings. The lowest BCUT2D eigenvalue weighted by molar-refractivity contribution is -0.0936. The standard InChI is InChI=1S/C10H12O4S.C7H7ClO2S.C6H15N.C3H6O2/c1-8-2-4-10(5-3-8)15(11,12)14-9-6-13-7-9;1-6-2-4-7(5-3-6)11(8,9)10;1-4-7(5-2)6-3;4-3-1-5-2-3/h2-5,9H,6-7H2,1H3;2-5H,1H3;4-6H2,1-3H3;3-4H,1-2H2. The van der Waals surface area contributed by atoms with Crippen molar-refractivity contribution in [3.63, 3.8) is 0 Å². The Morgan fingerprint density at radius 3 is 1.39 bits per heavy atom. The number of rotatable bonds is 7. The second-order valence-electron chi connectivity index (χ2n) is 8.58. The number of halogens is 1. The molecule has 0 aliphatic carbocycles. The lowest BCUT2D eigenvalue weighted by atomic mass is 10.2. The highest BCUT2D eigenvalue weighted by Crippen LogP contribution is 2.18. The Hall–Kier alpha value is -1.57. The Morgan fingerprint density at radius 1 is 0.789 bits per heavy atom. The van der Waals surface area contributed by atoms with Crippen LogP contribution in [-0.4, -0.2) is 85.1 Å². The highest BCUT2D eigenvalue weighted by molar-refractivity contribution is 8.13. The van der Waals surface area contributed by atoms with Crippen LogP contribution in [0.4, 0.5) is 0 Å². The van der Waals surface area contributed by atoms with Crippen molar-refractivity contribution in [2.45, 2.75) is 56.6 Å². The lowest BCUT2D eigenvalue weighted by Gasteiger charge is -2.25. The molecular formula is C26H40ClNO8S2. The summed E-state index contributed by atoms with van der Waals surface area (Å²) >= 11 is 0. The first-order valence-corrected chi connectivity index (χ1v) is 16.1. The third-order valence-electron chi connectivity index (χ3n) is 5.44. The van der Waals surface area contributed by atoms with Gasteiger partial charge in [-0.15, -0.1) is 0 Å². The van der Waals surface area contributed by atoms with E-state index in [0.29, 0.717) is 26.4 Å². The van der Waals surface area contributed by atoms with E-state index in [1.165, 1.54) is 31.8 Å². The molecular weight excluding hydrogens is 554 g/mol. The molecule has 0 radical (unpaired) electrons. The fraction of sp³-hybridized carbons (Fsp3) is 0.538. The van der Waals surface area contributed by atoms with E-state index in [1.54, 1.807) is 36.4 Å². The van der Waals surface area contributed by atoms with Gasteiger partial charge in [-0.3, -0.25) is 4.18 Å². The fourth-order valence-electron chi connectivity index (χ4n) is 2.80. The maximum Gasteiger partial charge on any atom is 0.297 e. The minimum absolute atomic E-state index is 0.143. The van der Waals surface area contributed by atoms with Crippen LogP contribution in [0.2, 0.25) is 0 Å². The SMILES string of the molecule is CCN(CC)CC.Cc1ccc(S(=O)(=O)Cl)cc1.Cc1ccc(S(=O)(=O)OC2COC2)cc1.OC1COC1. The average molecular weight is 594 g/mol. The number of aliphatic hydroxyl groups is 1. The molecule has 216 valence electrons. The molecule has 12 heteroatoms. The summed E-state index contributed by atoms with van der Waals surface area (Å²) in [5, 5.41) is 8.32. The first-order valence-electron chi connectivity index (χ1n) is 12.4. The molecule has 2 fully saturated rings. The minimum atomic E-state index is -3.62. The molecule has 2 aliphatic rings. The lowest BCUT2D eigenvalue weighted by Crippen LogP contribution is -2.37. The number of aliphatic hydroxyl groups excluding tert-OH is 1. The number of hydrogen-bond donors (Lipinski definition) is 1. The number of hydrogen-bond acceptors (Lipinski definition) is 9. The Morgan fingerprint density at radius 2 is 1.16 bits per heavy atom. The Bertz CT molecular complexity index is 1120. The number of aryl methyl sites for hydroxylation is 2. The fourth-order valence-corrected chi connectivity index (χ4v) is 4.62. The van der Waals surface area contributed by atoms with Crippen molar-refractivity contribution in [3.8, 4) is 0 Å². The topological polar surface area (TPSA) is 119 Å². The molecule has 2 saturated heterocycles. The van der Waals surface area contributed by atoms with Gasteiger partial charge in [0.1, 0.15) is 12.2 Å². The van der Waals surface area contributed by atoms with E-state index in [-0.39, 0.29) is 22.0 Å². The van der Waals surface area contributed by atoms with Crippen LogP contribution in [0.15, 0.2) is 58.3 Å². The second kappa shape index (κ2) is 17.2. The third-order valence-corrected chi connectivity index (χ3v) is 8.19. The van der Waals surface area contributed by atoms with E-state index in [0.717, 1.165) is 11.1 Å². The molecule has 0 aromatic heterocycles. The van der Waals surface area contributed by atoms with Crippen molar-refractivity contribution in [2.24, 2.45) is 0 Å². The van der Waals surface area contributed by atoms with E-state index in [4.69, 9.17) is 24.7 Å². The molecule has 38 heavy (non-hydrogen) atoms. The monoisotopic (exact) mass is 593 g/mol. The van der Waals surface area contributed by atoms with Crippen molar-refractivity contribution < 1.29 is 35.6 Å². The zero-order chi connectivity index (χ0) is 28.8. The van der Waals surface area contributed by atoms with Gasteiger partial charge in [0.15, 0.2) is 0 Å². The minimum Gasteiger partial charge on any atom is -0.388 e. The highest BCUT2D eigenvalue weighted by Gasteiger charge is 2.27. The molecule has 0 bridgehead atoms. The summed E-state index contributed by atoms with van der Waals surface area (Å²) in [5.41, 5.74) is 2.02. The smallest absolute Gasteiger partial charge is 0.297 e. The second-order valence-corrected chi connectivity index (χ2v) is 12.7. The van der Waals surface area contributed by atoms with Gasteiger partial charge < -0.3 is 19.5 Å². The van der Waals surface area contributed by atoms with Gasteiger partial charge in [-0.1, -0.05) is 56.2 Å². The van der Waals surface area contributed by atoms with Gasteiger partial charge in [-0.25, -0.2) is 8.42 Å². The van der Waals surface area contributed by atoms with Crippen LogP contribution in [0.25, 0.3) is 0 Å². The molecule has 0 amide bonds. The first kappa shape index (κ1) is 34.5. The summed E-state index contributed by atoms with van der Waals surface area (Å²) in [6, 6.07) is 13.0. The summed E-state index contributed by atoms with van der Waals surface area (Å²) in [6.07, 6.45) is -0.480. The van der Waals surface area contributed by atoms with E-state index in [9.17, 15) is 16.8 Å². The Kier molecular flexibility index (Phi) is 15.6. The summed E-state index contributed by atoms with van der Waals surface area (Å²) in [5.74, 6) is 0. The van der Waals surface area contributed by atoms with E-state index in [2.05, 4.69) is 30.4 Å². The van der Waals surface area contributed by atoms with Gasteiger partial charge in [-0.2, -0.15) is 8.42 Å². The first-order chi connectivity index (χ1) is 17.8. The summed E-state index contributed by atoms with van der Waals surface area (Å²) in [4.78, 5) is 2.71. The van der Waals surface area contributed by atoms with Gasteiger partial charge in [0, 0.05) is 10.7 Å². The molecule has 4 rings (SSSR count). The van der Waals surface area contributed by atoms with Crippen LogP contribution in [0.5, 0.6) is 0 Å². The van der Waals surface area contributed by atoms with Crippen LogP contribution < -0.4 is 0 Å². The number of benzene rings is 2. The van der Waals surface area contributed by atoms with Crippen molar-refractivity contribution in [1.82, 2.24) is 4.90 Å². The van der Waals surface area contributed by atoms with Gasteiger partial charge >= 0.3 is 0 Å². The van der Waals surface area contributed by atoms with Crippen molar-refractivity contribution >= 4 is 29.9 Å². The maximum absolute atomic E-state index is 11.7. The van der Waals surface area contributed by atoms with Crippen molar-refractivity contribution in [3.05, 3.63) is 59.7 Å². The van der Waals surface area contributed by atoms with Crippen LogP contribution >= 0.6 is 10.7 Å². The zero-order valence-electron chi connectivity index (χ0n) is 22.7. The van der Waals surface area contributed by atoms with Crippen LogP contribution in [0.3, 0.4) is 0 Å². The van der Waals surface area contributed by atoms with Crippen LogP contribution in [0, 0.1) is 13.8 Å². The van der Waals surface area contributed by atoms with Crippen LogP contribution in [0.1, 0.15) is 31.9 Å². The molecule has 0 saturated carbocycles. The summed E-state index contributed by atoms with van der Waals surface area (Å²) in [7, 11) is -2.08. The summed E-state index contributed by atoms with van der Waals surface area (Å²) in [6.45, 7) is 15.7. The molecule has 0 atom stereocenters. The van der Waals surface area contributed by atoms with E-state index >= 15 is 0 Å². The van der Waals surface area contributed by atoms with E-state index in [1.807, 2.05) is 13.8 Å². The molecule has 1 N–H and O–H groups in total. The highest BCUT2D eigenvalue weighted by atomic mass is 35.7. The van der Waals surface area contributed by atoms with Crippen LogP contribution in [-0.2, 0) is 32.8 Å². The predicted octanol–water partition coefficient (Wildman–Crippen LogP) is 3.75. The third kappa shape index (κ3) is 13.5. The molecule has 0 spiro atoms. The van der Waals surface area contributed by atoms with Gasteiger partial charge in [-0.05, 0) is 57.7 Å². The van der Waals surface area contributed by atoms with E-state index < -0.39 is 19.2 Å². The predicted molar refractivity (Wildman–Crippen MR) is 149 cm³/mol. The average Bonchev–Trinajstić information content (AvgIpc) is 2.83. The summed E-state index contributed by atoms with van der Waals surface area (Å²) < 4.78 is 59.1. The van der Waals surface area contributed by atoms with Gasteiger partial charge in [0.2, 0.25) is 0 Å². The zero-order valence-corrected chi connectivity index (χ0v) is 25.1. The molecule has 0 unspecified atom stereocenters. The van der Waals surface area contributed by atoms with Crippen molar-refractivity contribution in [2.75, 3.05) is 46.1 Å². The molecule has 2 heterocycles. The number of nitrogens with zero attached hydrogens (tertiary/aromatic N) is 1. The molecule has 2 aromatic carbocycles. The van der Waals surface area contributed by atoms with Gasteiger partial charge in [0.25, 0.3) is 19.2 Å². The number of ether oxygens (including phenoxy) is 2. The molecule has 2 aliphatic heterocycles. The Balaban J connectivity index is 0.000000275. The normalized spacial score (nSPS) is 15.5.